The molecule has 5 rings (SSSR count). The van der Waals surface area contributed by atoms with E-state index in [4.69, 9.17) is 4.74 Å². The van der Waals surface area contributed by atoms with Gasteiger partial charge in [-0.1, -0.05) is 12.1 Å². The Morgan fingerprint density at radius 3 is 2.63 bits per heavy atom. The summed E-state index contributed by atoms with van der Waals surface area (Å²) < 4.78 is 6.52. The minimum absolute atomic E-state index is 0.122. The fourth-order valence-corrected chi connectivity index (χ4v) is 4.78. The molecule has 11 nitrogen and oxygen atoms in total. The van der Waals surface area contributed by atoms with Gasteiger partial charge < -0.3 is 25.4 Å². The van der Waals surface area contributed by atoms with Crippen LogP contribution in [0, 0.1) is 5.92 Å². The van der Waals surface area contributed by atoms with E-state index in [9.17, 15) is 24.3 Å². The van der Waals surface area contributed by atoms with Crippen molar-refractivity contribution in [2.24, 2.45) is 5.92 Å². The SMILES string of the molecule is COc1cccc(CNC(=O)c2nc3n(c(=O)c2O)CC2CCC3(NC(=O)C(=O)N(C)C)CC2)c1. The van der Waals surface area contributed by atoms with Gasteiger partial charge in [0.1, 0.15) is 11.6 Å². The van der Waals surface area contributed by atoms with Gasteiger partial charge in [-0.15, -0.1) is 0 Å². The van der Waals surface area contributed by atoms with Gasteiger partial charge in [0.15, 0.2) is 5.69 Å². The first-order chi connectivity index (χ1) is 16.6. The molecule has 35 heavy (non-hydrogen) atoms. The summed E-state index contributed by atoms with van der Waals surface area (Å²) in [6.07, 6.45) is 2.34. The number of likely N-dealkylation sites (N-methyl/N-ethyl adjacent to an activating group) is 1. The zero-order chi connectivity index (χ0) is 25.3. The number of fused-ring (bicyclic) bond motifs is 2. The molecule has 1 aliphatic carbocycles. The van der Waals surface area contributed by atoms with Crippen molar-refractivity contribution in [3.05, 3.63) is 51.7 Å². The maximum Gasteiger partial charge on any atom is 0.311 e. The highest BCUT2D eigenvalue weighted by atomic mass is 16.5. The Bertz CT molecular complexity index is 1230. The van der Waals surface area contributed by atoms with Gasteiger partial charge in [0.05, 0.1) is 12.6 Å². The van der Waals surface area contributed by atoms with Crippen LogP contribution in [-0.2, 0) is 28.2 Å². The number of methoxy groups -OCH3 is 1. The largest absolute Gasteiger partial charge is 0.501 e. The number of ether oxygens (including phenoxy) is 1. The third-order valence-corrected chi connectivity index (χ3v) is 6.73. The number of aromatic hydroxyl groups is 1. The fraction of sp³-hybridized carbons (Fsp3) is 0.458. The predicted molar refractivity (Wildman–Crippen MR) is 125 cm³/mol. The van der Waals surface area contributed by atoms with Crippen LogP contribution in [0.15, 0.2) is 29.1 Å². The summed E-state index contributed by atoms with van der Waals surface area (Å²) in [6.45, 7) is 0.441. The van der Waals surface area contributed by atoms with Crippen LogP contribution in [-0.4, -0.2) is 58.5 Å². The molecule has 3 aliphatic rings. The third-order valence-electron chi connectivity index (χ3n) is 6.73. The summed E-state index contributed by atoms with van der Waals surface area (Å²) >= 11 is 0. The Balaban J connectivity index is 1.69. The normalized spacial score (nSPS) is 20.4. The van der Waals surface area contributed by atoms with Gasteiger partial charge in [-0.3, -0.25) is 23.7 Å². The molecular weight excluding hydrogens is 454 g/mol. The van der Waals surface area contributed by atoms with Crippen molar-refractivity contribution in [2.45, 2.75) is 44.3 Å². The Kier molecular flexibility index (Phi) is 6.51. The molecule has 0 atom stereocenters. The second-order valence-electron chi connectivity index (χ2n) is 9.26. The van der Waals surface area contributed by atoms with Crippen molar-refractivity contribution in [3.63, 3.8) is 0 Å². The molecular formula is C24H29N5O6. The summed E-state index contributed by atoms with van der Waals surface area (Å²) in [7, 11) is 4.49. The van der Waals surface area contributed by atoms with E-state index in [0.717, 1.165) is 5.56 Å². The quantitative estimate of drug-likeness (QED) is 0.525. The monoisotopic (exact) mass is 483 g/mol. The molecule has 1 saturated carbocycles. The number of carbonyl (C=O) groups excluding carboxylic acids is 3. The molecule has 186 valence electrons. The van der Waals surface area contributed by atoms with E-state index in [0.29, 0.717) is 38.0 Å². The molecule has 3 amide bonds. The van der Waals surface area contributed by atoms with E-state index in [1.54, 1.807) is 24.3 Å². The molecule has 3 N–H and O–H groups in total. The lowest BCUT2D eigenvalue weighted by Crippen LogP contribution is -2.53. The van der Waals surface area contributed by atoms with Gasteiger partial charge in [-0.25, -0.2) is 4.98 Å². The van der Waals surface area contributed by atoms with Gasteiger partial charge in [-0.2, -0.15) is 0 Å². The van der Waals surface area contributed by atoms with Crippen LogP contribution in [0.2, 0.25) is 0 Å². The van der Waals surface area contributed by atoms with Crippen LogP contribution in [0.5, 0.6) is 11.5 Å². The Morgan fingerprint density at radius 1 is 1.26 bits per heavy atom. The number of nitrogens with one attached hydrogen (secondary N) is 2. The van der Waals surface area contributed by atoms with Crippen molar-refractivity contribution in [1.29, 1.82) is 0 Å². The molecule has 2 bridgehead atoms. The summed E-state index contributed by atoms with van der Waals surface area (Å²) in [5, 5.41) is 16.1. The Labute approximate surface area is 202 Å². The lowest BCUT2D eigenvalue weighted by molar-refractivity contribution is -0.145. The standard InChI is InChI=1S/C24H29N5O6/c1-28(2)22(34)20(32)27-24-9-7-14(8-10-24)13-29-21(33)18(30)17(26-23(24)29)19(31)25-12-15-5-4-6-16(11-15)35-3/h4-6,11,14,30H,7-10,12-13H2,1-3H3,(H,25,31)(H,27,32). The molecule has 3 heterocycles. The van der Waals surface area contributed by atoms with Crippen LogP contribution in [0.25, 0.3) is 0 Å². The average molecular weight is 484 g/mol. The molecule has 1 fully saturated rings. The molecule has 1 aromatic heterocycles. The number of hydrogen-bond acceptors (Lipinski definition) is 7. The van der Waals surface area contributed by atoms with Gasteiger partial charge in [0.2, 0.25) is 5.75 Å². The van der Waals surface area contributed by atoms with Gasteiger partial charge >= 0.3 is 11.8 Å². The van der Waals surface area contributed by atoms with Gasteiger partial charge in [0.25, 0.3) is 11.5 Å². The highest BCUT2D eigenvalue weighted by molar-refractivity contribution is 6.35. The molecule has 0 unspecified atom stereocenters. The second kappa shape index (κ2) is 9.40. The number of nitrogens with zero attached hydrogens (tertiary/aromatic N) is 3. The van der Waals surface area contributed by atoms with Gasteiger partial charge in [-0.05, 0) is 49.3 Å². The molecule has 0 spiro atoms. The van der Waals surface area contributed by atoms with Crippen LogP contribution < -0.4 is 20.9 Å². The van der Waals surface area contributed by atoms with Crippen molar-refractivity contribution in [2.75, 3.05) is 21.2 Å². The molecule has 2 aromatic rings. The predicted octanol–water partition coefficient (Wildman–Crippen LogP) is 0.491. The first kappa shape index (κ1) is 24.2. The van der Waals surface area contributed by atoms with E-state index in [1.165, 1.54) is 30.7 Å². The first-order valence-corrected chi connectivity index (χ1v) is 11.4. The average Bonchev–Trinajstić information content (AvgIpc) is 3.10. The minimum Gasteiger partial charge on any atom is -0.501 e. The Hall–Kier alpha value is -3.89. The lowest BCUT2D eigenvalue weighted by atomic mass is 9.77. The first-order valence-electron chi connectivity index (χ1n) is 11.4. The smallest absolute Gasteiger partial charge is 0.311 e. The number of benzene rings is 1. The van der Waals surface area contributed by atoms with E-state index in [-0.39, 0.29) is 18.3 Å². The van der Waals surface area contributed by atoms with E-state index >= 15 is 0 Å². The number of rotatable bonds is 5. The maximum atomic E-state index is 13.1. The zero-order valence-corrected chi connectivity index (χ0v) is 20.0. The number of aromatic nitrogens is 2. The van der Waals surface area contributed by atoms with Crippen molar-refractivity contribution < 1.29 is 24.2 Å². The van der Waals surface area contributed by atoms with Crippen LogP contribution in [0.1, 0.15) is 47.6 Å². The molecule has 2 aliphatic heterocycles. The molecule has 0 radical (unpaired) electrons. The number of carbonyl (C=O) groups is 3. The van der Waals surface area contributed by atoms with Gasteiger partial charge in [0, 0.05) is 27.2 Å². The second-order valence-corrected chi connectivity index (χ2v) is 9.26. The molecule has 0 saturated heterocycles. The summed E-state index contributed by atoms with van der Waals surface area (Å²) in [5.74, 6) is -2.03. The maximum absolute atomic E-state index is 13.1. The van der Waals surface area contributed by atoms with Crippen LogP contribution in [0.3, 0.4) is 0 Å². The number of hydrogen-bond donors (Lipinski definition) is 3. The number of amides is 3. The van der Waals surface area contributed by atoms with Crippen molar-refractivity contribution in [3.8, 4) is 11.5 Å². The summed E-state index contributed by atoms with van der Waals surface area (Å²) in [4.78, 5) is 56.6. The minimum atomic E-state index is -1.09. The van der Waals surface area contributed by atoms with E-state index in [1.807, 2.05) is 0 Å². The topological polar surface area (TPSA) is 143 Å². The lowest BCUT2D eigenvalue weighted by Gasteiger charge is -2.37. The third kappa shape index (κ3) is 4.58. The van der Waals surface area contributed by atoms with Crippen LogP contribution >= 0.6 is 0 Å². The highest BCUT2D eigenvalue weighted by Crippen LogP contribution is 2.42. The molecule has 11 heteroatoms. The van der Waals surface area contributed by atoms with E-state index < -0.39 is 40.3 Å². The summed E-state index contributed by atoms with van der Waals surface area (Å²) in [5.41, 5.74) is -1.49. The zero-order valence-electron chi connectivity index (χ0n) is 20.0. The van der Waals surface area contributed by atoms with Crippen molar-refractivity contribution in [1.82, 2.24) is 25.1 Å². The molecule has 1 aromatic carbocycles. The van der Waals surface area contributed by atoms with E-state index in [2.05, 4.69) is 15.6 Å². The summed E-state index contributed by atoms with van der Waals surface area (Å²) in [6, 6.07) is 7.11. The van der Waals surface area contributed by atoms with Crippen LogP contribution in [0.4, 0.5) is 0 Å². The Morgan fingerprint density at radius 2 is 1.97 bits per heavy atom. The van der Waals surface area contributed by atoms with Crippen molar-refractivity contribution >= 4 is 17.7 Å². The fourth-order valence-electron chi connectivity index (χ4n) is 4.78. The highest BCUT2D eigenvalue weighted by Gasteiger charge is 2.46.